The summed E-state index contributed by atoms with van der Waals surface area (Å²) in [5, 5.41) is 2.94. The zero-order valence-corrected chi connectivity index (χ0v) is 18.3. The molecule has 0 radical (unpaired) electrons. The number of hydrogen-bond donors (Lipinski definition) is 1. The van der Waals surface area contributed by atoms with Crippen molar-refractivity contribution >= 4 is 5.91 Å². The van der Waals surface area contributed by atoms with E-state index in [9.17, 15) is 4.79 Å². The lowest BCUT2D eigenvalue weighted by molar-refractivity contribution is 0.0923. The number of likely N-dealkylation sites (N-methyl/N-ethyl adjacent to an activating group) is 1. The number of nitrogens with zero attached hydrogens (tertiary/aromatic N) is 2. The van der Waals surface area contributed by atoms with Crippen LogP contribution in [0.25, 0.3) is 0 Å². The lowest BCUT2D eigenvalue weighted by atomic mass is 10.1. The van der Waals surface area contributed by atoms with E-state index in [2.05, 4.69) is 34.5 Å². The fourth-order valence-electron chi connectivity index (χ4n) is 3.61. The van der Waals surface area contributed by atoms with Crippen molar-refractivity contribution in [1.82, 2.24) is 15.1 Å². The molecule has 2 aromatic carbocycles. The molecule has 1 amide bonds. The number of benzene rings is 2. The fourth-order valence-corrected chi connectivity index (χ4v) is 3.61. The molecule has 162 valence electrons. The van der Waals surface area contributed by atoms with Crippen LogP contribution in [0.2, 0.25) is 0 Å². The number of carbonyl (C=O) groups is 1. The summed E-state index contributed by atoms with van der Waals surface area (Å²) in [6.07, 6.45) is 2.03. The average molecular weight is 412 g/mol. The molecule has 1 fully saturated rings. The van der Waals surface area contributed by atoms with Crippen LogP contribution >= 0.6 is 0 Å². The van der Waals surface area contributed by atoms with Gasteiger partial charge in [-0.1, -0.05) is 30.3 Å². The van der Waals surface area contributed by atoms with Gasteiger partial charge >= 0.3 is 0 Å². The number of piperidine rings is 1. The molecule has 0 aromatic heterocycles. The van der Waals surface area contributed by atoms with Gasteiger partial charge in [0.25, 0.3) is 5.91 Å². The first-order valence-electron chi connectivity index (χ1n) is 10.6. The van der Waals surface area contributed by atoms with Crippen LogP contribution in [0.15, 0.2) is 48.5 Å². The lowest BCUT2D eigenvalue weighted by Gasteiger charge is -2.32. The maximum atomic E-state index is 12.5. The predicted molar refractivity (Wildman–Crippen MR) is 119 cm³/mol. The van der Waals surface area contributed by atoms with Crippen molar-refractivity contribution in [3.05, 3.63) is 59.7 Å². The van der Waals surface area contributed by atoms with Crippen molar-refractivity contribution in [1.29, 1.82) is 0 Å². The van der Waals surface area contributed by atoms with Gasteiger partial charge in [-0.15, -0.1) is 0 Å². The Balaban J connectivity index is 1.55. The van der Waals surface area contributed by atoms with Gasteiger partial charge in [0.15, 0.2) is 11.5 Å². The first kappa shape index (κ1) is 22.1. The highest BCUT2D eigenvalue weighted by molar-refractivity contribution is 5.94. The van der Waals surface area contributed by atoms with Gasteiger partial charge in [-0.3, -0.25) is 9.69 Å². The Bertz CT molecular complexity index is 803. The van der Waals surface area contributed by atoms with E-state index in [1.54, 1.807) is 25.3 Å². The number of carbonyl (C=O) groups excluding carboxylic acids is 1. The highest BCUT2D eigenvalue weighted by atomic mass is 16.5. The zero-order chi connectivity index (χ0) is 21.3. The van der Waals surface area contributed by atoms with Crippen LogP contribution < -0.4 is 14.8 Å². The van der Waals surface area contributed by atoms with Crippen LogP contribution in [0.3, 0.4) is 0 Å². The van der Waals surface area contributed by atoms with Gasteiger partial charge in [-0.25, -0.2) is 0 Å². The molecule has 1 aliphatic rings. The van der Waals surface area contributed by atoms with Gasteiger partial charge in [0.2, 0.25) is 0 Å². The Hall–Kier alpha value is -2.57. The molecule has 0 bridgehead atoms. The summed E-state index contributed by atoms with van der Waals surface area (Å²) in [6, 6.07) is 15.9. The third-order valence-corrected chi connectivity index (χ3v) is 5.35. The smallest absolute Gasteiger partial charge is 0.251 e. The predicted octanol–water partition coefficient (Wildman–Crippen LogP) is 3.03. The molecule has 2 aromatic rings. The first-order valence-corrected chi connectivity index (χ1v) is 10.6. The number of methoxy groups -OCH3 is 1. The van der Waals surface area contributed by atoms with Gasteiger partial charge in [-0.2, -0.15) is 0 Å². The summed E-state index contributed by atoms with van der Waals surface area (Å²) in [5.74, 6) is 1.20. The molecule has 6 heteroatoms. The van der Waals surface area contributed by atoms with Crippen LogP contribution in [-0.2, 0) is 6.54 Å². The highest BCUT2D eigenvalue weighted by Gasteiger charge is 2.22. The standard InChI is InChI=1S/C24H33N3O3/c1-26(2)16-13-25-24(28)20-9-10-22(29-3)23(17-20)30-21-11-14-27(15-12-21)18-19-7-5-4-6-8-19/h4-10,17,21H,11-16,18H2,1-3H3,(H,25,28). The maximum absolute atomic E-state index is 12.5. The van der Waals surface area contributed by atoms with Crippen LogP contribution in [0.1, 0.15) is 28.8 Å². The minimum atomic E-state index is -0.0953. The van der Waals surface area contributed by atoms with Crippen LogP contribution in [0.5, 0.6) is 11.5 Å². The second-order valence-electron chi connectivity index (χ2n) is 8.00. The fraction of sp³-hybridized carbons (Fsp3) is 0.458. The largest absolute Gasteiger partial charge is 0.493 e. The summed E-state index contributed by atoms with van der Waals surface area (Å²) in [6.45, 7) is 4.36. The Labute approximate surface area is 179 Å². The summed E-state index contributed by atoms with van der Waals surface area (Å²) in [7, 11) is 5.59. The van der Waals surface area contributed by atoms with Crippen LogP contribution in [0, 0.1) is 0 Å². The van der Waals surface area contributed by atoms with E-state index >= 15 is 0 Å². The second-order valence-corrected chi connectivity index (χ2v) is 8.00. The summed E-state index contributed by atoms with van der Waals surface area (Å²) in [5.41, 5.74) is 1.93. The molecule has 1 heterocycles. The number of likely N-dealkylation sites (tertiary alicyclic amines) is 1. The summed E-state index contributed by atoms with van der Waals surface area (Å²) >= 11 is 0. The third kappa shape index (κ3) is 6.47. The molecule has 1 aliphatic heterocycles. The molecule has 1 N–H and O–H groups in total. The minimum Gasteiger partial charge on any atom is -0.493 e. The SMILES string of the molecule is COc1ccc(C(=O)NCCN(C)C)cc1OC1CCN(Cc2ccccc2)CC1. The molecular formula is C24H33N3O3. The molecule has 0 unspecified atom stereocenters. The molecule has 1 saturated heterocycles. The number of amides is 1. The Morgan fingerprint density at radius 3 is 2.50 bits per heavy atom. The van der Waals surface area contributed by atoms with E-state index in [1.165, 1.54) is 5.56 Å². The van der Waals surface area contributed by atoms with E-state index in [0.717, 1.165) is 39.0 Å². The maximum Gasteiger partial charge on any atom is 0.251 e. The van der Waals surface area contributed by atoms with Gasteiger partial charge in [0.05, 0.1) is 7.11 Å². The van der Waals surface area contributed by atoms with Gasteiger partial charge in [0, 0.05) is 38.3 Å². The second kappa shape index (κ2) is 11.0. The molecule has 30 heavy (non-hydrogen) atoms. The minimum absolute atomic E-state index is 0.0953. The lowest BCUT2D eigenvalue weighted by Crippen LogP contribution is -2.37. The van der Waals surface area contributed by atoms with E-state index in [4.69, 9.17) is 9.47 Å². The number of rotatable bonds is 9. The van der Waals surface area contributed by atoms with Gasteiger partial charge in [-0.05, 0) is 50.7 Å². The molecule has 0 spiro atoms. The van der Waals surface area contributed by atoms with Crippen LogP contribution in [0.4, 0.5) is 0 Å². The van der Waals surface area contributed by atoms with Crippen molar-refractivity contribution in [2.45, 2.75) is 25.5 Å². The van der Waals surface area contributed by atoms with Crippen molar-refractivity contribution in [3.63, 3.8) is 0 Å². The Morgan fingerprint density at radius 2 is 1.83 bits per heavy atom. The van der Waals surface area contributed by atoms with E-state index < -0.39 is 0 Å². The van der Waals surface area contributed by atoms with Gasteiger partial charge < -0.3 is 19.7 Å². The molecule has 3 rings (SSSR count). The first-order chi connectivity index (χ1) is 14.5. The Kier molecular flexibility index (Phi) is 8.11. The Morgan fingerprint density at radius 1 is 1.10 bits per heavy atom. The highest BCUT2D eigenvalue weighted by Crippen LogP contribution is 2.31. The molecule has 0 saturated carbocycles. The number of nitrogens with one attached hydrogen (secondary N) is 1. The van der Waals surface area contributed by atoms with Crippen molar-refractivity contribution in [2.75, 3.05) is 47.4 Å². The topological polar surface area (TPSA) is 54.0 Å². The van der Waals surface area contributed by atoms with Crippen molar-refractivity contribution < 1.29 is 14.3 Å². The summed E-state index contributed by atoms with van der Waals surface area (Å²) in [4.78, 5) is 16.9. The van der Waals surface area contributed by atoms with E-state index in [1.807, 2.05) is 25.1 Å². The van der Waals surface area contributed by atoms with Crippen molar-refractivity contribution in [3.8, 4) is 11.5 Å². The number of hydrogen-bond acceptors (Lipinski definition) is 5. The molecule has 0 aliphatic carbocycles. The molecule has 6 nitrogen and oxygen atoms in total. The van der Waals surface area contributed by atoms with E-state index in [-0.39, 0.29) is 12.0 Å². The normalized spacial score (nSPS) is 15.2. The van der Waals surface area contributed by atoms with Crippen LogP contribution in [-0.4, -0.2) is 69.2 Å². The van der Waals surface area contributed by atoms with Gasteiger partial charge in [0.1, 0.15) is 6.10 Å². The van der Waals surface area contributed by atoms with Crippen molar-refractivity contribution in [2.24, 2.45) is 0 Å². The third-order valence-electron chi connectivity index (χ3n) is 5.35. The molecular weight excluding hydrogens is 378 g/mol. The summed E-state index contributed by atoms with van der Waals surface area (Å²) < 4.78 is 11.7. The quantitative estimate of drug-likeness (QED) is 0.687. The zero-order valence-electron chi connectivity index (χ0n) is 18.3. The van der Waals surface area contributed by atoms with E-state index in [0.29, 0.717) is 23.6 Å². The average Bonchev–Trinajstić information content (AvgIpc) is 2.75. The molecule has 0 atom stereocenters. The monoisotopic (exact) mass is 411 g/mol. The number of ether oxygens (including phenoxy) is 2.